The highest BCUT2D eigenvalue weighted by Gasteiger charge is 2.24. The molecular weight excluding hydrogens is 324 g/mol. The van der Waals surface area contributed by atoms with Gasteiger partial charge in [0.05, 0.1) is 6.54 Å². The summed E-state index contributed by atoms with van der Waals surface area (Å²) in [5, 5.41) is 16.6. The van der Waals surface area contributed by atoms with Crippen molar-refractivity contribution >= 4 is 23.5 Å². The highest BCUT2D eigenvalue weighted by atomic mass is 16.3. The third kappa shape index (κ3) is 5.46. The number of amides is 4. The SMILES string of the molecule is CNC(=O)NC(=O)CNc1cccc(C(=O)N2CCC[C@@H](CO)C2)c1. The molecule has 1 aromatic rings. The van der Waals surface area contributed by atoms with Crippen LogP contribution in [-0.4, -0.2) is 61.1 Å². The van der Waals surface area contributed by atoms with Crippen LogP contribution in [0.4, 0.5) is 10.5 Å². The molecule has 2 rings (SSSR count). The van der Waals surface area contributed by atoms with Gasteiger partial charge < -0.3 is 20.6 Å². The normalized spacial score (nSPS) is 16.9. The third-order valence-corrected chi connectivity index (χ3v) is 4.11. The second-order valence-corrected chi connectivity index (χ2v) is 6.00. The number of aliphatic hydroxyl groups is 1. The monoisotopic (exact) mass is 348 g/mol. The number of nitrogens with zero attached hydrogens (tertiary/aromatic N) is 1. The quantitative estimate of drug-likeness (QED) is 0.616. The zero-order chi connectivity index (χ0) is 18.2. The first-order valence-corrected chi connectivity index (χ1v) is 8.29. The van der Waals surface area contributed by atoms with Gasteiger partial charge in [-0.3, -0.25) is 14.9 Å². The Kier molecular flexibility index (Phi) is 6.76. The van der Waals surface area contributed by atoms with Gasteiger partial charge >= 0.3 is 6.03 Å². The van der Waals surface area contributed by atoms with E-state index in [1.165, 1.54) is 7.05 Å². The van der Waals surface area contributed by atoms with Crippen molar-refractivity contribution in [3.05, 3.63) is 29.8 Å². The molecule has 4 N–H and O–H groups in total. The molecule has 0 radical (unpaired) electrons. The van der Waals surface area contributed by atoms with Crippen molar-refractivity contribution in [2.45, 2.75) is 12.8 Å². The van der Waals surface area contributed by atoms with Gasteiger partial charge in [-0.05, 0) is 37.0 Å². The van der Waals surface area contributed by atoms with Gasteiger partial charge in [0.25, 0.3) is 5.91 Å². The van der Waals surface area contributed by atoms with Crippen molar-refractivity contribution in [3.63, 3.8) is 0 Å². The van der Waals surface area contributed by atoms with Crippen molar-refractivity contribution in [2.75, 3.05) is 38.6 Å². The fourth-order valence-corrected chi connectivity index (χ4v) is 2.76. The zero-order valence-corrected chi connectivity index (χ0v) is 14.2. The van der Waals surface area contributed by atoms with Gasteiger partial charge in [-0.15, -0.1) is 0 Å². The molecule has 0 aliphatic carbocycles. The Balaban J connectivity index is 1.95. The molecule has 25 heavy (non-hydrogen) atoms. The first kappa shape index (κ1) is 18.7. The number of urea groups is 1. The Morgan fingerprint density at radius 3 is 2.84 bits per heavy atom. The minimum Gasteiger partial charge on any atom is -0.396 e. The van der Waals surface area contributed by atoms with E-state index in [1.54, 1.807) is 29.2 Å². The Hall–Kier alpha value is -2.61. The van der Waals surface area contributed by atoms with Crippen LogP contribution in [0.5, 0.6) is 0 Å². The first-order valence-electron chi connectivity index (χ1n) is 8.29. The van der Waals surface area contributed by atoms with Crippen LogP contribution in [0.1, 0.15) is 23.2 Å². The molecule has 0 spiro atoms. The molecule has 0 bridgehead atoms. The smallest absolute Gasteiger partial charge is 0.321 e. The summed E-state index contributed by atoms with van der Waals surface area (Å²) in [5.41, 5.74) is 1.14. The number of rotatable bonds is 5. The van der Waals surface area contributed by atoms with E-state index in [0.717, 1.165) is 12.8 Å². The van der Waals surface area contributed by atoms with Crippen LogP contribution in [0.3, 0.4) is 0 Å². The maximum atomic E-state index is 12.6. The molecule has 1 atom stereocenters. The summed E-state index contributed by atoms with van der Waals surface area (Å²) in [5.74, 6) is -0.429. The topological polar surface area (TPSA) is 111 Å². The number of hydrogen-bond acceptors (Lipinski definition) is 5. The van der Waals surface area contributed by atoms with Gasteiger partial charge in [0, 0.05) is 38.0 Å². The largest absolute Gasteiger partial charge is 0.396 e. The van der Waals surface area contributed by atoms with Crippen LogP contribution >= 0.6 is 0 Å². The lowest BCUT2D eigenvalue weighted by Gasteiger charge is -2.32. The van der Waals surface area contributed by atoms with Crippen LogP contribution in [0, 0.1) is 5.92 Å². The first-order chi connectivity index (χ1) is 12.0. The van der Waals surface area contributed by atoms with Crippen LogP contribution in [0.15, 0.2) is 24.3 Å². The molecule has 136 valence electrons. The predicted octanol–water partition coefficient (Wildman–Crippen LogP) is 0.399. The lowest BCUT2D eigenvalue weighted by molar-refractivity contribution is -0.118. The van der Waals surface area contributed by atoms with Crippen molar-refractivity contribution in [1.29, 1.82) is 0 Å². The summed E-state index contributed by atoms with van der Waals surface area (Å²) in [4.78, 5) is 37.0. The standard InChI is InChI=1S/C17H24N4O4/c1-18-17(25)20-15(23)9-19-14-6-2-5-13(8-14)16(24)21-7-3-4-12(10-21)11-22/h2,5-6,8,12,19,22H,3-4,7,9-11H2,1H3,(H2,18,20,23,25)/t12-/m1/s1. The summed E-state index contributed by atoms with van der Waals surface area (Å²) in [6.07, 6.45) is 1.82. The van der Waals surface area contributed by atoms with Crippen LogP contribution < -0.4 is 16.0 Å². The fourth-order valence-electron chi connectivity index (χ4n) is 2.76. The number of likely N-dealkylation sites (tertiary alicyclic amines) is 1. The van der Waals surface area contributed by atoms with Crippen molar-refractivity contribution in [1.82, 2.24) is 15.5 Å². The summed E-state index contributed by atoms with van der Waals surface area (Å²) < 4.78 is 0. The lowest BCUT2D eigenvalue weighted by Crippen LogP contribution is -2.41. The van der Waals surface area contributed by atoms with Gasteiger partial charge in [-0.2, -0.15) is 0 Å². The minimum absolute atomic E-state index is 0.0820. The Morgan fingerprint density at radius 1 is 1.32 bits per heavy atom. The summed E-state index contributed by atoms with van der Waals surface area (Å²) in [6, 6.07) is 6.31. The summed E-state index contributed by atoms with van der Waals surface area (Å²) in [7, 11) is 1.42. The molecule has 1 aromatic carbocycles. The number of carbonyl (C=O) groups is 3. The van der Waals surface area contributed by atoms with Gasteiger partial charge in [-0.1, -0.05) is 6.07 Å². The number of carbonyl (C=O) groups excluding carboxylic acids is 3. The number of aliphatic hydroxyl groups excluding tert-OH is 1. The highest BCUT2D eigenvalue weighted by Crippen LogP contribution is 2.19. The van der Waals surface area contributed by atoms with E-state index in [-0.39, 0.29) is 25.0 Å². The maximum absolute atomic E-state index is 12.6. The molecule has 1 saturated heterocycles. The molecule has 8 nitrogen and oxygen atoms in total. The maximum Gasteiger partial charge on any atom is 0.321 e. The average molecular weight is 348 g/mol. The number of benzene rings is 1. The zero-order valence-electron chi connectivity index (χ0n) is 14.2. The Bertz CT molecular complexity index is 635. The number of piperidine rings is 1. The van der Waals surface area contributed by atoms with E-state index in [9.17, 15) is 19.5 Å². The highest BCUT2D eigenvalue weighted by molar-refractivity contribution is 5.97. The number of hydrogen-bond donors (Lipinski definition) is 4. The molecule has 1 aliphatic heterocycles. The molecule has 0 aromatic heterocycles. The fraction of sp³-hybridized carbons (Fsp3) is 0.471. The van der Waals surface area contributed by atoms with Crippen molar-refractivity contribution in [3.8, 4) is 0 Å². The Labute approximate surface area is 146 Å². The van der Waals surface area contributed by atoms with E-state index >= 15 is 0 Å². The number of anilines is 1. The van der Waals surface area contributed by atoms with Crippen LogP contribution in [-0.2, 0) is 4.79 Å². The second-order valence-electron chi connectivity index (χ2n) is 6.00. The lowest BCUT2D eigenvalue weighted by atomic mass is 9.98. The average Bonchev–Trinajstić information content (AvgIpc) is 2.66. The molecule has 1 aliphatic rings. The van der Waals surface area contributed by atoms with Gasteiger partial charge in [0.1, 0.15) is 0 Å². The van der Waals surface area contributed by atoms with E-state index in [2.05, 4.69) is 16.0 Å². The van der Waals surface area contributed by atoms with Gasteiger partial charge in [0.15, 0.2) is 0 Å². The van der Waals surface area contributed by atoms with E-state index in [0.29, 0.717) is 24.3 Å². The number of imide groups is 1. The third-order valence-electron chi connectivity index (χ3n) is 4.11. The Morgan fingerprint density at radius 2 is 2.12 bits per heavy atom. The predicted molar refractivity (Wildman–Crippen MR) is 93.2 cm³/mol. The van der Waals surface area contributed by atoms with Crippen molar-refractivity contribution in [2.24, 2.45) is 5.92 Å². The van der Waals surface area contributed by atoms with E-state index in [4.69, 9.17) is 0 Å². The molecule has 1 fully saturated rings. The van der Waals surface area contributed by atoms with Crippen LogP contribution in [0.2, 0.25) is 0 Å². The van der Waals surface area contributed by atoms with Gasteiger partial charge in [-0.25, -0.2) is 4.79 Å². The summed E-state index contributed by atoms with van der Waals surface area (Å²) >= 11 is 0. The van der Waals surface area contributed by atoms with Crippen molar-refractivity contribution < 1.29 is 19.5 Å². The molecule has 4 amide bonds. The van der Waals surface area contributed by atoms with Crippen LogP contribution in [0.25, 0.3) is 0 Å². The second kappa shape index (κ2) is 9.03. The minimum atomic E-state index is -0.570. The van der Waals surface area contributed by atoms with E-state index < -0.39 is 11.9 Å². The molecular formula is C17H24N4O4. The summed E-state index contributed by atoms with van der Waals surface area (Å²) in [6.45, 7) is 1.25. The molecule has 0 unspecified atom stereocenters. The molecule has 0 saturated carbocycles. The molecule has 1 heterocycles. The number of nitrogens with one attached hydrogen (secondary N) is 3. The molecule has 8 heteroatoms. The van der Waals surface area contributed by atoms with Gasteiger partial charge in [0.2, 0.25) is 5.91 Å². The van der Waals surface area contributed by atoms with E-state index in [1.807, 2.05) is 0 Å².